The predicted molar refractivity (Wildman–Crippen MR) is 104 cm³/mol. The van der Waals surface area contributed by atoms with E-state index < -0.39 is 56.2 Å². The zero-order chi connectivity index (χ0) is 22.3. The molecule has 0 radical (unpaired) electrons. The van der Waals surface area contributed by atoms with Gasteiger partial charge in [0.2, 0.25) is 10.0 Å². The number of aliphatic hydroxyl groups excluding tert-OH is 1. The molecule has 3 rings (SSSR count). The third kappa shape index (κ3) is 3.73. The molecule has 1 saturated heterocycles. The minimum atomic E-state index is -4.27. The summed E-state index contributed by atoms with van der Waals surface area (Å²) in [6, 6.07) is 9.88. The highest BCUT2D eigenvalue weighted by molar-refractivity contribution is 7.92. The van der Waals surface area contributed by atoms with Crippen molar-refractivity contribution in [3.05, 3.63) is 59.4 Å². The van der Waals surface area contributed by atoms with E-state index in [1.54, 1.807) is 0 Å². The van der Waals surface area contributed by atoms with E-state index in [2.05, 4.69) is 0 Å². The Bertz CT molecular complexity index is 1220. The summed E-state index contributed by atoms with van der Waals surface area (Å²) in [4.78, 5) is -0.434. The van der Waals surface area contributed by atoms with Gasteiger partial charge < -0.3 is 10.2 Å². The molecule has 0 aromatic heterocycles. The summed E-state index contributed by atoms with van der Waals surface area (Å²) in [6.07, 6.45) is 0. The highest BCUT2D eigenvalue weighted by Crippen LogP contribution is 2.35. The van der Waals surface area contributed by atoms with E-state index in [0.717, 1.165) is 22.5 Å². The van der Waals surface area contributed by atoms with Crippen molar-refractivity contribution in [1.29, 1.82) is 5.26 Å². The van der Waals surface area contributed by atoms with Crippen LogP contribution in [0, 0.1) is 24.1 Å². The Morgan fingerprint density at radius 3 is 2.37 bits per heavy atom. The first-order valence-electron chi connectivity index (χ1n) is 8.79. The molecule has 0 amide bonds. The minimum Gasteiger partial charge on any atom is -0.393 e. The number of β-amino-alcohol motifs (C(OH)–C–C–N with tert-alkyl or cyclic N) is 1. The van der Waals surface area contributed by atoms with Gasteiger partial charge in [0.1, 0.15) is 16.7 Å². The highest BCUT2D eigenvalue weighted by atomic mass is 32.2. The number of rotatable bonds is 5. The van der Waals surface area contributed by atoms with Gasteiger partial charge in [-0.3, -0.25) is 0 Å². The van der Waals surface area contributed by atoms with Crippen LogP contribution >= 0.6 is 0 Å². The van der Waals surface area contributed by atoms with Crippen LogP contribution in [0.4, 0.5) is 4.39 Å². The number of nitriles is 1. The van der Waals surface area contributed by atoms with Crippen LogP contribution in [0.25, 0.3) is 0 Å². The fourth-order valence-corrected chi connectivity index (χ4v) is 7.24. The van der Waals surface area contributed by atoms with Gasteiger partial charge >= 0.3 is 0 Å². The van der Waals surface area contributed by atoms with Crippen LogP contribution < -0.4 is 0 Å². The van der Waals surface area contributed by atoms with E-state index in [1.807, 2.05) is 6.07 Å². The molecule has 1 heterocycles. The van der Waals surface area contributed by atoms with Crippen LogP contribution in [0.5, 0.6) is 0 Å². The minimum absolute atomic E-state index is 0.126. The molecule has 0 aliphatic carbocycles. The summed E-state index contributed by atoms with van der Waals surface area (Å²) >= 11 is 0. The Hall–Kier alpha value is -2.36. The first-order chi connectivity index (χ1) is 14.0. The van der Waals surface area contributed by atoms with Crippen molar-refractivity contribution in [2.45, 2.75) is 27.6 Å². The Morgan fingerprint density at radius 1 is 1.20 bits per heavy atom. The van der Waals surface area contributed by atoms with E-state index in [0.29, 0.717) is 0 Å². The molecular weight excluding hydrogens is 435 g/mol. The van der Waals surface area contributed by atoms with Gasteiger partial charge in [0, 0.05) is 13.1 Å². The zero-order valence-electron chi connectivity index (χ0n) is 15.9. The van der Waals surface area contributed by atoms with Gasteiger partial charge in [-0.25, -0.2) is 21.2 Å². The lowest BCUT2D eigenvalue weighted by molar-refractivity contribution is 0.00159. The number of hydrogen-bond acceptors (Lipinski definition) is 7. The quantitative estimate of drug-likeness (QED) is 0.674. The standard InChI is InChI=1S/C19H19FN2O6S2/c1-13-8-15(20)4-7-17(13)30(27,28)22-10-18(19(24,11-22)12-23)29(25,26)16-5-2-14(9-21)3-6-16/h2-8,18,23-24H,10-12H2,1H3/t18-,19+/m0/s1. The number of aryl methyl sites for hydroxylation is 1. The molecule has 30 heavy (non-hydrogen) atoms. The summed E-state index contributed by atoms with van der Waals surface area (Å²) in [5, 5.41) is 27.7. The van der Waals surface area contributed by atoms with Gasteiger partial charge in [0.15, 0.2) is 9.84 Å². The van der Waals surface area contributed by atoms with Gasteiger partial charge in [-0.2, -0.15) is 9.57 Å². The van der Waals surface area contributed by atoms with Crippen molar-refractivity contribution < 1.29 is 31.4 Å². The van der Waals surface area contributed by atoms with Crippen LogP contribution in [0.3, 0.4) is 0 Å². The fraction of sp³-hybridized carbons (Fsp3) is 0.316. The lowest BCUT2D eigenvalue weighted by Crippen LogP contribution is -2.49. The molecule has 1 aliphatic heterocycles. The molecule has 11 heteroatoms. The van der Waals surface area contributed by atoms with Gasteiger partial charge in [-0.1, -0.05) is 0 Å². The molecule has 1 aliphatic rings. The second kappa shape index (κ2) is 7.72. The summed E-state index contributed by atoms with van der Waals surface area (Å²) in [5.74, 6) is -0.624. The number of hydrogen-bond donors (Lipinski definition) is 2. The number of sulfone groups is 1. The topological polar surface area (TPSA) is 136 Å². The van der Waals surface area contributed by atoms with E-state index in [4.69, 9.17) is 5.26 Å². The summed E-state index contributed by atoms with van der Waals surface area (Å²) in [6.45, 7) is -0.835. The molecule has 0 saturated carbocycles. The van der Waals surface area contributed by atoms with Crippen molar-refractivity contribution >= 4 is 19.9 Å². The van der Waals surface area contributed by atoms with Gasteiger partial charge in [-0.15, -0.1) is 0 Å². The molecule has 8 nitrogen and oxygen atoms in total. The predicted octanol–water partition coefficient (Wildman–Crippen LogP) is 0.576. The van der Waals surface area contributed by atoms with Crippen molar-refractivity contribution in [3.8, 4) is 6.07 Å². The number of sulfonamides is 1. The van der Waals surface area contributed by atoms with E-state index in [-0.39, 0.29) is 20.9 Å². The summed E-state index contributed by atoms with van der Waals surface area (Å²) in [5.41, 5.74) is -1.89. The van der Waals surface area contributed by atoms with Crippen LogP contribution in [0.15, 0.2) is 52.3 Å². The van der Waals surface area contributed by atoms with Gasteiger partial charge in [-0.05, 0) is 55.0 Å². The van der Waals surface area contributed by atoms with Crippen LogP contribution in [-0.4, -0.2) is 61.9 Å². The first kappa shape index (κ1) is 22.3. The van der Waals surface area contributed by atoms with Gasteiger partial charge in [0.25, 0.3) is 0 Å². The van der Waals surface area contributed by atoms with E-state index in [1.165, 1.54) is 31.2 Å². The average Bonchev–Trinajstić information content (AvgIpc) is 3.07. The van der Waals surface area contributed by atoms with E-state index in [9.17, 15) is 31.4 Å². The molecule has 2 aromatic rings. The normalized spacial score (nSPS) is 22.7. The molecule has 0 bridgehead atoms. The maximum absolute atomic E-state index is 13.4. The smallest absolute Gasteiger partial charge is 0.243 e. The second-order valence-corrected chi connectivity index (χ2v) is 11.2. The fourth-order valence-electron chi connectivity index (χ4n) is 3.47. The molecule has 0 unspecified atom stereocenters. The number of nitrogens with zero attached hydrogens (tertiary/aromatic N) is 2. The number of benzene rings is 2. The second-order valence-electron chi connectivity index (χ2n) is 7.14. The van der Waals surface area contributed by atoms with Crippen LogP contribution in [0.1, 0.15) is 11.1 Å². The molecular formula is C19H19FN2O6S2. The lowest BCUT2D eigenvalue weighted by Gasteiger charge is -2.26. The molecule has 2 N–H and O–H groups in total. The van der Waals surface area contributed by atoms with Crippen molar-refractivity contribution in [2.75, 3.05) is 19.7 Å². The third-order valence-electron chi connectivity index (χ3n) is 5.13. The van der Waals surface area contributed by atoms with Crippen molar-refractivity contribution in [1.82, 2.24) is 4.31 Å². The summed E-state index contributed by atoms with van der Waals surface area (Å²) < 4.78 is 66.4. The molecule has 0 spiro atoms. The van der Waals surface area contributed by atoms with Crippen molar-refractivity contribution in [3.63, 3.8) is 0 Å². The molecule has 1 fully saturated rings. The van der Waals surface area contributed by atoms with Gasteiger partial charge in [0.05, 0.1) is 28.0 Å². The van der Waals surface area contributed by atoms with Crippen LogP contribution in [-0.2, 0) is 19.9 Å². The average molecular weight is 455 g/mol. The maximum atomic E-state index is 13.4. The number of halogens is 1. The molecule has 160 valence electrons. The number of aliphatic hydroxyl groups is 2. The van der Waals surface area contributed by atoms with E-state index >= 15 is 0 Å². The van der Waals surface area contributed by atoms with Crippen LogP contribution in [0.2, 0.25) is 0 Å². The summed E-state index contributed by atoms with van der Waals surface area (Å²) in [7, 11) is -8.53. The molecule has 2 atom stereocenters. The Balaban J connectivity index is 2.02. The lowest BCUT2D eigenvalue weighted by atomic mass is 10.1. The molecule has 2 aromatic carbocycles. The first-order valence-corrected chi connectivity index (χ1v) is 11.8. The monoisotopic (exact) mass is 454 g/mol. The SMILES string of the molecule is Cc1cc(F)ccc1S(=O)(=O)N1C[C@H](S(=O)(=O)c2ccc(C#N)cc2)[C@](O)(CO)C1. The zero-order valence-corrected chi connectivity index (χ0v) is 17.5. The third-order valence-corrected chi connectivity index (χ3v) is 9.37. The Labute approximate surface area is 173 Å². The largest absolute Gasteiger partial charge is 0.393 e. The van der Waals surface area contributed by atoms with Crippen molar-refractivity contribution in [2.24, 2.45) is 0 Å². The Kier molecular flexibility index (Phi) is 5.74. The Morgan fingerprint density at radius 2 is 1.83 bits per heavy atom. The highest BCUT2D eigenvalue weighted by Gasteiger charge is 2.55. The maximum Gasteiger partial charge on any atom is 0.243 e.